The number of carbonyl (C=O) groups is 1. The van der Waals surface area contributed by atoms with Gasteiger partial charge in [-0.05, 0) is 30.2 Å². The number of hydrogen-bond acceptors (Lipinski definition) is 3. The van der Waals surface area contributed by atoms with Gasteiger partial charge in [-0.2, -0.15) is 0 Å². The van der Waals surface area contributed by atoms with E-state index in [2.05, 4.69) is 35.2 Å². The number of hydrogen-bond donors (Lipinski definition) is 0. The second kappa shape index (κ2) is 5.23. The molecule has 1 unspecified atom stereocenters. The van der Waals surface area contributed by atoms with Gasteiger partial charge in [0.05, 0.1) is 0 Å². The third-order valence-corrected chi connectivity index (χ3v) is 5.59. The van der Waals surface area contributed by atoms with Crippen molar-refractivity contribution in [1.29, 1.82) is 0 Å². The van der Waals surface area contributed by atoms with Gasteiger partial charge >= 0.3 is 0 Å². The monoisotopic (exact) mass is 295 g/mol. The van der Waals surface area contributed by atoms with Crippen LogP contribution in [0.3, 0.4) is 0 Å². The number of ketones is 1. The Morgan fingerprint density at radius 2 is 1.90 bits per heavy atom. The molecule has 3 heteroatoms. The standard InChI is InChI=1S/C18H17NOS/c20-17-9-10-19(16-7-3-2-6-15(16)17)12-14-11-13-5-1-4-8-18(13)21-14/h1-8,14H,9-12H2. The molecule has 0 saturated carbocycles. The molecular weight excluding hydrogens is 278 g/mol. The van der Waals surface area contributed by atoms with Crippen molar-refractivity contribution in [2.24, 2.45) is 0 Å². The number of carbonyl (C=O) groups excluding carboxylic acids is 1. The first-order valence-corrected chi connectivity index (χ1v) is 8.31. The highest BCUT2D eigenvalue weighted by atomic mass is 32.2. The summed E-state index contributed by atoms with van der Waals surface area (Å²) >= 11 is 1.98. The Balaban J connectivity index is 1.55. The molecule has 2 nitrogen and oxygen atoms in total. The molecule has 0 saturated heterocycles. The zero-order valence-corrected chi connectivity index (χ0v) is 12.6. The van der Waals surface area contributed by atoms with Gasteiger partial charge in [-0.25, -0.2) is 0 Å². The molecule has 0 fully saturated rings. The maximum Gasteiger partial charge on any atom is 0.166 e. The summed E-state index contributed by atoms with van der Waals surface area (Å²) in [5.74, 6) is 0.282. The minimum absolute atomic E-state index is 0.282. The number of anilines is 1. The van der Waals surface area contributed by atoms with Gasteiger partial charge in [-0.3, -0.25) is 4.79 Å². The summed E-state index contributed by atoms with van der Waals surface area (Å²) < 4.78 is 0. The van der Waals surface area contributed by atoms with Crippen molar-refractivity contribution in [2.45, 2.75) is 23.0 Å². The highest BCUT2D eigenvalue weighted by molar-refractivity contribution is 8.00. The van der Waals surface area contributed by atoms with Crippen LogP contribution in [0.4, 0.5) is 5.69 Å². The summed E-state index contributed by atoms with van der Waals surface area (Å²) in [7, 11) is 0. The van der Waals surface area contributed by atoms with Crippen molar-refractivity contribution in [3.63, 3.8) is 0 Å². The first-order chi connectivity index (χ1) is 10.3. The minimum Gasteiger partial charge on any atom is -0.369 e. The number of benzene rings is 2. The molecule has 106 valence electrons. The fraction of sp³-hybridized carbons (Fsp3) is 0.278. The van der Waals surface area contributed by atoms with Crippen LogP contribution in [0.2, 0.25) is 0 Å². The van der Waals surface area contributed by atoms with Gasteiger partial charge in [0.15, 0.2) is 5.78 Å². The van der Waals surface area contributed by atoms with Crippen LogP contribution in [0.1, 0.15) is 22.3 Å². The quantitative estimate of drug-likeness (QED) is 0.840. The molecule has 0 spiro atoms. The SMILES string of the molecule is O=C1CCN(CC2Cc3ccccc3S2)c2ccccc21. The molecule has 2 aliphatic heterocycles. The van der Waals surface area contributed by atoms with E-state index >= 15 is 0 Å². The van der Waals surface area contributed by atoms with E-state index in [9.17, 15) is 4.79 Å². The van der Waals surface area contributed by atoms with Crippen molar-refractivity contribution >= 4 is 23.2 Å². The fourth-order valence-electron chi connectivity index (χ4n) is 3.27. The maximum absolute atomic E-state index is 12.0. The Morgan fingerprint density at radius 3 is 2.81 bits per heavy atom. The zero-order chi connectivity index (χ0) is 14.2. The van der Waals surface area contributed by atoms with E-state index in [0.717, 1.165) is 30.8 Å². The molecule has 0 radical (unpaired) electrons. The van der Waals surface area contributed by atoms with E-state index < -0.39 is 0 Å². The average Bonchev–Trinajstić information content (AvgIpc) is 2.93. The number of thioether (sulfide) groups is 1. The first-order valence-electron chi connectivity index (χ1n) is 7.43. The minimum atomic E-state index is 0.282. The van der Waals surface area contributed by atoms with Crippen molar-refractivity contribution < 1.29 is 4.79 Å². The third kappa shape index (κ3) is 2.36. The van der Waals surface area contributed by atoms with Crippen LogP contribution in [0.5, 0.6) is 0 Å². The predicted octanol–water partition coefficient (Wildman–Crippen LogP) is 3.80. The van der Waals surface area contributed by atoms with Gasteiger partial charge in [0, 0.05) is 40.9 Å². The van der Waals surface area contributed by atoms with Crippen molar-refractivity contribution in [3.05, 3.63) is 59.7 Å². The summed E-state index contributed by atoms with van der Waals surface area (Å²) in [6.45, 7) is 1.87. The molecule has 0 aliphatic carbocycles. The summed E-state index contributed by atoms with van der Waals surface area (Å²) in [6.07, 6.45) is 1.77. The highest BCUT2D eigenvalue weighted by Crippen LogP contribution is 2.38. The molecule has 2 aromatic rings. The molecule has 21 heavy (non-hydrogen) atoms. The molecule has 0 aromatic heterocycles. The largest absolute Gasteiger partial charge is 0.369 e. The number of para-hydroxylation sites is 1. The summed E-state index contributed by atoms with van der Waals surface area (Å²) in [5.41, 5.74) is 3.48. The lowest BCUT2D eigenvalue weighted by molar-refractivity contribution is 0.0980. The number of rotatable bonds is 2. The van der Waals surface area contributed by atoms with Crippen molar-refractivity contribution in [3.8, 4) is 0 Å². The van der Waals surface area contributed by atoms with E-state index in [0.29, 0.717) is 11.7 Å². The molecule has 1 atom stereocenters. The van der Waals surface area contributed by atoms with Crippen LogP contribution >= 0.6 is 11.8 Å². The molecule has 0 N–H and O–H groups in total. The van der Waals surface area contributed by atoms with E-state index in [4.69, 9.17) is 0 Å². The van der Waals surface area contributed by atoms with Gasteiger partial charge in [-0.1, -0.05) is 30.3 Å². The van der Waals surface area contributed by atoms with Crippen molar-refractivity contribution in [1.82, 2.24) is 0 Å². The highest BCUT2D eigenvalue weighted by Gasteiger charge is 2.28. The second-order valence-electron chi connectivity index (χ2n) is 5.69. The van der Waals surface area contributed by atoms with Crippen LogP contribution in [0.25, 0.3) is 0 Å². The van der Waals surface area contributed by atoms with Crippen LogP contribution in [0.15, 0.2) is 53.4 Å². The van der Waals surface area contributed by atoms with Crippen molar-refractivity contribution in [2.75, 3.05) is 18.0 Å². The second-order valence-corrected chi connectivity index (χ2v) is 7.03. The predicted molar refractivity (Wildman–Crippen MR) is 87.4 cm³/mol. The fourth-order valence-corrected chi connectivity index (χ4v) is 4.60. The Bertz CT molecular complexity index is 672. The first kappa shape index (κ1) is 13.0. The Morgan fingerprint density at radius 1 is 1.10 bits per heavy atom. The topological polar surface area (TPSA) is 20.3 Å². The normalized spacial score (nSPS) is 20.3. The Labute approximate surface area is 129 Å². The summed E-state index contributed by atoms with van der Waals surface area (Å²) in [4.78, 5) is 15.8. The van der Waals surface area contributed by atoms with Gasteiger partial charge in [0.25, 0.3) is 0 Å². The Hall–Kier alpha value is -1.74. The molecular formula is C18H17NOS. The molecule has 0 bridgehead atoms. The van der Waals surface area contributed by atoms with E-state index in [1.165, 1.54) is 10.5 Å². The van der Waals surface area contributed by atoms with Crippen LogP contribution in [0, 0.1) is 0 Å². The lowest BCUT2D eigenvalue weighted by Crippen LogP contribution is -2.36. The molecule has 2 aliphatic rings. The lowest BCUT2D eigenvalue weighted by Gasteiger charge is -2.32. The molecule has 0 amide bonds. The smallest absolute Gasteiger partial charge is 0.166 e. The van der Waals surface area contributed by atoms with Gasteiger partial charge in [0.2, 0.25) is 0 Å². The molecule has 2 heterocycles. The van der Waals surface area contributed by atoms with Gasteiger partial charge in [0.1, 0.15) is 0 Å². The van der Waals surface area contributed by atoms with E-state index in [1.54, 1.807) is 0 Å². The zero-order valence-electron chi connectivity index (χ0n) is 11.8. The number of Topliss-reactive ketones (excluding diaryl/α,β-unsaturated/α-hetero) is 1. The number of fused-ring (bicyclic) bond motifs is 2. The van der Waals surface area contributed by atoms with E-state index in [-0.39, 0.29) is 5.78 Å². The lowest BCUT2D eigenvalue weighted by atomic mass is 10.00. The van der Waals surface area contributed by atoms with Crippen LogP contribution < -0.4 is 4.90 Å². The number of nitrogens with zero attached hydrogens (tertiary/aromatic N) is 1. The Kier molecular flexibility index (Phi) is 3.23. The maximum atomic E-state index is 12.0. The molecule has 4 rings (SSSR count). The van der Waals surface area contributed by atoms with E-state index in [1.807, 2.05) is 30.0 Å². The van der Waals surface area contributed by atoms with Gasteiger partial charge < -0.3 is 4.90 Å². The van der Waals surface area contributed by atoms with Crippen LogP contribution in [-0.2, 0) is 6.42 Å². The third-order valence-electron chi connectivity index (χ3n) is 4.29. The molecule has 2 aromatic carbocycles. The average molecular weight is 295 g/mol. The summed E-state index contributed by atoms with van der Waals surface area (Å²) in [5, 5.41) is 0.587. The van der Waals surface area contributed by atoms with Gasteiger partial charge in [-0.15, -0.1) is 11.8 Å². The summed E-state index contributed by atoms with van der Waals surface area (Å²) in [6, 6.07) is 16.7. The van der Waals surface area contributed by atoms with Crippen LogP contribution in [-0.4, -0.2) is 24.1 Å².